The molecule has 1 saturated carbocycles. The van der Waals surface area contributed by atoms with Crippen LogP contribution in [-0.2, 0) is 0 Å². The highest BCUT2D eigenvalue weighted by atomic mass is 16.4. The quantitative estimate of drug-likeness (QED) is 0.793. The molecule has 80 valence electrons. The molecule has 0 spiro atoms. The number of hydrogen-bond donors (Lipinski definition) is 2. The van der Waals surface area contributed by atoms with Gasteiger partial charge in [0.15, 0.2) is 0 Å². The average molecular weight is 206 g/mol. The third kappa shape index (κ3) is 2.09. The molecule has 15 heavy (non-hydrogen) atoms. The summed E-state index contributed by atoms with van der Waals surface area (Å²) in [6.07, 6.45) is 2.64. The van der Waals surface area contributed by atoms with Crippen LogP contribution >= 0.6 is 0 Å². The first-order valence-corrected chi connectivity index (χ1v) is 4.95. The molecule has 4 nitrogen and oxygen atoms in total. The van der Waals surface area contributed by atoms with E-state index in [9.17, 15) is 4.79 Å². The van der Waals surface area contributed by atoms with Gasteiger partial charge < -0.3 is 10.4 Å². The fourth-order valence-corrected chi connectivity index (χ4v) is 1.55. The topological polar surface area (TPSA) is 62.2 Å². The number of hydrogen-bond acceptors (Lipinski definition) is 3. The molecule has 1 aromatic heterocycles. The normalized spacial score (nSPS) is 22.1. The number of pyridine rings is 1. The summed E-state index contributed by atoms with van der Waals surface area (Å²) >= 11 is 0. The van der Waals surface area contributed by atoms with Crippen molar-refractivity contribution < 1.29 is 9.90 Å². The Morgan fingerprint density at radius 2 is 2.33 bits per heavy atom. The highest BCUT2D eigenvalue weighted by Crippen LogP contribution is 2.46. The minimum absolute atomic E-state index is 0.0819. The molecular weight excluding hydrogens is 192 g/mol. The summed E-state index contributed by atoms with van der Waals surface area (Å²) in [5.74, 6) is -0.992. The molecule has 1 heterocycles. The van der Waals surface area contributed by atoms with E-state index >= 15 is 0 Å². The van der Waals surface area contributed by atoms with Crippen LogP contribution in [0.1, 0.15) is 30.8 Å². The second-order valence-electron chi connectivity index (χ2n) is 4.62. The number of carboxylic acids is 1. The van der Waals surface area contributed by atoms with E-state index in [4.69, 9.17) is 5.11 Å². The summed E-state index contributed by atoms with van der Waals surface area (Å²) < 4.78 is 0. The van der Waals surface area contributed by atoms with Crippen LogP contribution in [0.4, 0.5) is 5.69 Å². The van der Waals surface area contributed by atoms with E-state index in [2.05, 4.69) is 24.1 Å². The van der Waals surface area contributed by atoms with Crippen LogP contribution in [0, 0.1) is 5.41 Å². The van der Waals surface area contributed by atoms with Gasteiger partial charge in [-0.2, -0.15) is 0 Å². The largest absolute Gasteiger partial charge is 0.477 e. The predicted octanol–water partition coefficient (Wildman–Crippen LogP) is 1.99. The number of carbonyl (C=O) groups is 1. The summed E-state index contributed by atoms with van der Waals surface area (Å²) in [6, 6.07) is 3.80. The van der Waals surface area contributed by atoms with E-state index in [1.54, 1.807) is 12.1 Å². The number of rotatable bonds is 3. The van der Waals surface area contributed by atoms with Crippen LogP contribution < -0.4 is 5.32 Å². The van der Waals surface area contributed by atoms with Crippen LogP contribution in [0.3, 0.4) is 0 Å². The van der Waals surface area contributed by atoms with Crippen molar-refractivity contribution in [2.45, 2.75) is 26.3 Å². The van der Waals surface area contributed by atoms with Crippen molar-refractivity contribution in [2.75, 3.05) is 5.32 Å². The first-order chi connectivity index (χ1) is 6.99. The molecule has 2 rings (SSSR count). The zero-order valence-electron chi connectivity index (χ0n) is 8.82. The Balaban J connectivity index is 2.09. The van der Waals surface area contributed by atoms with Crippen LogP contribution in [-0.4, -0.2) is 22.1 Å². The Kier molecular flexibility index (Phi) is 2.14. The SMILES string of the molecule is CC1(C)CC1Nc1ccnc(C(=O)O)c1. The van der Waals surface area contributed by atoms with E-state index in [0.717, 1.165) is 12.1 Å². The van der Waals surface area contributed by atoms with E-state index in [1.807, 2.05) is 0 Å². The molecule has 0 aliphatic heterocycles. The van der Waals surface area contributed by atoms with Crippen LogP contribution in [0.25, 0.3) is 0 Å². The number of carboxylic acid groups (broad SMARTS) is 1. The highest BCUT2D eigenvalue weighted by molar-refractivity contribution is 5.86. The zero-order valence-corrected chi connectivity index (χ0v) is 8.82. The third-order valence-electron chi connectivity index (χ3n) is 2.83. The fraction of sp³-hybridized carbons (Fsp3) is 0.455. The summed E-state index contributed by atoms with van der Waals surface area (Å²) in [6.45, 7) is 4.37. The van der Waals surface area contributed by atoms with Crippen LogP contribution in [0.5, 0.6) is 0 Å². The van der Waals surface area contributed by atoms with Crippen molar-refractivity contribution in [1.82, 2.24) is 4.98 Å². The molecule has 0 bridgehead atoms. The van der Waals surface area contributed by atoms with Gasteiger partial charge in [0, 0.05) is 17.9 Å². The smallest absolute Gasteiger partial charge is 0.354 e. The minimum atomic E-state index is -0.992. The van der Waals surface area contributed by atoms with Crippen molar-refractivity contribution in [3.8, 4) is 0 Å². The third-order valence-corrected chi connectivity index (χ3v) is 2.83. The van der Waals surface area contributed by atoms with Gasteiger partial charge in [-0.1, -0.05) is 13.8 Å². The Morgan fingerprint density at radius 3 is 2.87 bits per heavy atom. The van der Waals surface area contributed by atoms with Crippen molar-refractivity contribution in [3.63, 3.8) is 0 Å². The number of nitrogens with one attached hydrogen (secondary N) is 1. The number of anilines is 1. The lowest BCUT2D eigenvalue weighted by molar-refractivity contribution is 0.0690. The fourth-order valence-electron chi connectivity index (χ4n) is 1.55. The predicted molar refractivity (Wildman–Crippen MR) is 57.0 cm³/mol. The number of aromatic nitrogens is 1. The van der Waals surface area contributed by atoms with Gasteiger partial charge in [0.05, 0.1) is 0 Å². The molecule has 1 atom stereocenters. The van der Waals surface area contributed by atoms with Gasteiger partial charge in [0.25, 0.3) is 0 Å². The summed E-state index contributed by atoms with van der Waals surface area (Å²) in [5, 5.41) is 12.1. The van der Waals surface area contributed by atoms with Gasteiger partial charge in [-0.3, -0.25) is 0 Å². The summed E-state index contributed by atoms with van der Waals surface area (Å²) in [7, 11) is 0. The molecule has 0 aromatic carbocycles. The van der Waals surface area contributed by atoms with Gasteiger partial charge >= 0.3 is 5.97 Å². The second kappa shape index (κ2) is 3.22. The molecule has 1 aliphatic carbocycles. The first-order valence-electron chi connectivity index (χ1n) is 4.95. The van der Waals surface area contributed by atoms with Gasteiger partial charge in [0.1, 0.15) is 5.69 Å². The number of nitrogens with zero attached hydrogens (tertiary/aromatic N) is 1. The monoisotopic (exact) mass is 206 g/mol. The average Bonchev–Trinajstić information content (AvgIpc) is 2.74. The molecule has 0 saturated heterocycles. The second-order valence-corrected chi connectivity index (χ2v) is 4.62. The Labute approximate surface area is 88.3 Å². The number of aromatic carboxylic acids is 1. The molecule has 1 aromatic rings. The van der Waals surface area contributed by atoms with E-state index in [1.165, 1.54) is 6.20 Å². The highest BCUT2D eigenvalue weighted by Gasteiger charge is 2.45. The van der Waals surface area contributed by atoms with Crippen LogP contribution in [0.2, 0.25) is 0 Å². The Hall–Kier alpha value is -1.58. The molecule has 1 aliphatic rings. The van der Waals surface area contributed by atoms with E-state index in [-0.39, 0.29) is 5.69 Å². The van der Waals surface area contributed by atoms with Crippen molar-refractivity contribution >= 4 is 11.7 Å². The lowest BCUT2D eigenvalue weighted by Gasteiger charge is -2.08. The maximum absolute atomic E-state index is 10.7. The molecule has 2 N–H and O–H groups in total. The minimum Gasteiger partial charge on any atom is -0.477 e. The Bertz CT molecular complexity index is 401. The molecule has 0 amide bonds. The van der Waals surface area contributed by atoms with E-state index < -0.39 is 5.97 Å². The van der Waals surface area contributed by atoms with Gasteiger partial charge in [-0.15, -0.1) is 0 Å². The summed E-state index contributed by atoms with van der Waals surface area (Å²) in [4.78, 5) is 14.5. The zero-order chi connectivity index (χ0) is 11.1. The summed E-state index contributed by atoms with van der Waals surface area (Å²) in [5.41, 5.74) is 1.24. The first kappa shape index (κ1) is 9.96. The molecule has 0 radical (unpaired) electrons. The van der Waals surface area contributed by atoms with Crippen molar-refractivity contribution in [2.24, 2.45) is 5.41 Å². The Morgan fingerprint density at radius 1 is 1.67 bits per heavy atom. The van der Waals surface area contributed by atoms with Crippen molar-refractivity contribution in [3.05, 3.63) is 24.0 Å². The standard InChI is InChI=1S/C11H14N2O2/c1-11(2)6-9(11)13-7-3-4-12-8(5-7)10(14)15/h3-5,9H,6H2,1-2H3,(H,12,13)(H,14,15). The van der Waals surface area contributed by atoms with Gasteiger partial charge in [-0.05, 0) is 24.0 Å². The maximum atomic E-state index is 10.7. The molecule has 4 heteroatoms. The van der Waals surface area contributed by atoms with Gasteiger partial charge in [0.2, 0.25) is 0 Å². The van der Waals surface area contributed by atoms with Crippen LogP contribution in [0.15, 0.2) is 18.3 Å². The van der Waals surface area contributed by atoms with E-state index in [0.29, 0.717) is 11.5 Å². The lowest BCUT2D eigenvalue weighted by atomic mass is 10.2. The van der Waals surface area contributed by atoms with Crippen molar-refractivity contribution in [1.29, 1.82) is 0 Å². The molecular formula is C11H14N2O2. The molecule has 1 fully saturated rings. The van der Waals surface area contributed by atoms with Gasteiger partial charge in [-0.25, -0.2) is 9.78 Å². The molecule has 1 unspecified atom stereocenters. The maximum Gasteiger partial charge on any atom is 0.354 e. The lowest BCUT2D eigenvalue weighted by Crippen LogP contribution is -2.09.